The Hall–Kier alpha value is -1.57. The van der Waals surface area contributed by atoms with Crippen molar-refractivity contribution in [1.29, 1.82) is 0 Å². The van der Waals surface area contributed by atoms with Crippen molar-refractivity contribution in [3.8, 4) is 0 Å². The molecule has 0 radical (unpaired) electrons. The average molecular weight is 277 g/mol. The highest BCUT2D eigenvalue weighted by molar-refractivity contribution is 7.23. The quantitative estimate of drug-likeness (QED) is 0.785. The summed E-state index contributed by atoms with van der Waals surface area (Å²) in [5.41, 5.74) is 6.14. The van der Waals surface area contributed by atoms with Crippen molar-refractivity contribution in [1.82, 2.24) is 0 Å². The van der Waals surface area contributed by atoms with E-state index in [1.807, 2.05) is 52.0 Å². The van der Waals surface area contributed by atoms with Gasteiger partial charge in [-0.05, 0) is 6.07 Å². The Morgan fingerprint density at radius 1 is 1.21 bits per heavy atom. The Labute approximate surface area is 120 Å². The molecule has 0 aliphatic carbocycles. The Bertz CT molecular complexity index is 512. The van der Waals surface area contributed by atoms with Gasteiger partial charge in [0, 0.05) is 23.2 Å². The van der Waals surface area contributed by atoms with E-state index in [-0.39, 0.29) is 0 Å². The summed E-state index contributed by atoms with van der Waals surface area (Å²) >= 11 is 1.61. The van der Waals surface area contributed by atoms with E-state index in [4.69, 9.17) is 12.3 Å². The van der Waals surface area contributed by atoms with E-state index in [1.54, 1.807) is 11.3 Å². The first-order valence-corrected chi connectivity index (χ1v) is 7.51. The minimum absolute atomic E-state index is 0.575. The molecule has 1 aromatic carbocycles. The van der Waals surface area contributed by atoms with E-state index in [1.165, 1.54) is 0 Å². The molecule has 3 N–H and O–H groups in total. The van der Waals surface area contributed by atoms with Crippen molar-refractivity contribution < 1.29 is 0 Å². The summed E-state index contributed by atoms with van der Waals surface area (Å²) in [6, 6.07) is 7.95. The second-order valence-electron chi connectivity index (χ2n) is 3.10. The lowest BCUT2D eigenvalue weighted by Gasteiger charge is -2.00. The highest BCUT2D eigenvalue weighted by Crippen LogP contribution is 2.41. The van der Waals surface area contributed by atoms with Crippen molar-refractivity contribution in [2.24, 2.45) is 5.73 Å². The fourth-order valence-electron chi connectivity index (χ4n) is 1.45. The molecule has 4 heteroatoms. The van der Waals surface area contributed by atoms with Crippen LogP contribution in [0.3, 0.4) is 0 Å². The van der Waals surface area contributed by atoms with Crippen LogP contribution in [0.15, 0.2) is 24.3 Å². The van der Waals surface area contributed by atoms with Crippen LogP contribution >= 0.6 is 11.3 Å². The number of anilines is 1. The number of hydrogen-bond acceptors (Lipinski definition) is 3. The molecule has 3 nitrogen and oxygen atoms in total. The largest absolute Gasteiger partial charge is 0.384 e. The van der Waals surface area contributed by atoms with Gasteiger partial charge in [-0.3, -0.25) is 0 Å². The van der Waals surface area contributed by atoms with Crippen LogP contribution in [0, 0.1) is 6.57 Å². The van der Waals surface area contributed by atoms with Gasteiger partial charge in [0.1, 0.15) is 0 Å². The SMILES string of the molecule is CC.CC.[C-]#[N+]c1c(NCCN)sc2ccccc12. The van der Waals surface area contributed by atoms with Gasteiger partial charge in [-0.25, -0.2) is 4.85 Å². The number of fused-ring (bicyclic) bond motifs is 1. The van der Waals surface area contributed by atoms with Crippen LogP contribution in [0.1, 0.15) is 27.7 Å². The molecule has 0 aliphatic rings. The molecule has 0 saturated heterocycles. The first kappa shape index (κ1) is 17.4. The van der Waals surface area contributed by atoms with Crippen LogP contribution in [-0.4, -0.2) is 13.1 Å². The second kappa shape index (κ2) is 10.4. The van der Waals surface area contributed by atoms with Crippen molar-refractivity contribution in [3.05, 3.63) is 35.7 Å². The summed E-state index contributed by atoms with van der Waals surface area (Å²) in [6.07, 6.45) is 0. The van der Waals surface area contributed by atoms with Crippen LogP contribution in [-0.2, 0) is 0 Å². The number of hydrogen-bond donors (Lipinski definition) is 2. The zero-order valence-corrected chi connectivity index (χ0v) is 13.0. The number of nitrogens with one attached hydrogen (secondary N) is 1. The lowest BCUT2D eigenvalue weighted by molar-refractivity contribution is 1.03. The van der Waals surface area contributed by atoms with Crippen LogP contribution in [0.5, 0.6) is 0 Å². The normalized spacial score (nSPS) is 8.63. The van der Waals surface area contributed by atoms with Gasteiger partial charge in [0.25, 0.3) is 0 Å². The monoisotopic (exact) mass is 277 g/mol. The van der Waals surface area contributed by atoms with Crippen molar-refractivity contribution in [2.45, 2.75) is 27.7 Å². The van der Waals surface area contributed by atoms with Gasteiger partial charge in [-0.2, -0.15) is 0 Å². The first-order valence-electron chi connectivity index (χ1n) is 6.69. The molecule has 0 unspecified atom stereocenters. The van der Waals surface area contributed by atoms with Gasteiger partial charge in [0.2, 0.25) is 5.69 Å². The Kier molecular flexibility index (Phi) is 9.51. The molecule has 0 amide bonds. The van der Waals surface area contributed by atoms with E-state index in [0.717, 1.165) is 15.1 Å². The standard InChI is InChI=1S/C11H11N3S.2C2H6/c1-13-10-8-4-2-3-5-9(8)15-11(10)14-7-6-12;2*1-2/h2-5,14H,6-7,12H2;2*1-2H3. The number of nitrogens with zero attached hydrogens (tertiary/aromatic N) is 1. The second-order valence-corrected chi connectivity index (χ2v) is 4.16. The summed E-state index contributed by atoms with van der Waals surface area (Å²) in [6.45, 7) is 16.5. The molecular formula is C15H23N3S. The van der Waals surface area contributed by atoms with Crippen LogP contribution in [0.25, 0.3) is 14.9 Å². The molecule has 0 aliphatic heterocycles. The summed E-state index contributed by atoms with van der Waals surface area (Å²) in [4.78, 5) is 3.57. The number of thiophene rings is 1. The molecule has 19 heavy (non-hydrogen) atoms. The Balaban J connectivity index is 0.000000741. The maximum absolute atomic E-state index is 7.18. The summed E-state index contributed by atoms with van der Waals surface area (Å²) in [5.74, 6) is 0. The molecule has 104 valence electrons. The van der Waals surface area contributed by atoms with Crippen molar-refractivity contribution in [3.63, 3.8) is 0 Å². The van der Waals surface area contributed by atoms with Gasteiger partial charge < -0.3 is 11.1 Å². The molecule has 2 rings (SSSR count). The van der Waals surface area contributed by atoms with Crippen LogP contribution in [0.4, 0.5) is 10.7 Å². The maximum atomic E-state index is 7.18. The van der Waals surface area contributed by atoms with E-state index in [9.17, 15) is 0 Å². The molecule has 0 fully saturated rings. The highest BCUT2D eigenvalue weighted by Gasteiger charge is 2.10. The van der Waals surface area contributed by atoms with Gasteiger partial charge in [-0.1, -0.05) is 45.9 Å². The zero-order chi connectivity index (χ0) is 14.7. The van der Waals surface area contributed by atoms with Crippen LogP contribution in [0.2, 0.25) is 0 Å². The number of benzene rings is 1. The lowest BCUT2D eigenvalue weighted by Crippen LogP contribution is -2.12. The van der Waals surface area contributed by atoms with Gasteiger partial charge in [-0.15, -0.1) is 11.3 Å². The third-order valence-corrected chi connectivity index (χ3v) is 3.23. The molecule has 2 aromatic rings. The molecule has 0 atom stereocenters. The smallest absolute Gasteiger partial charge is 0.228 e. The summed E-state index contributed by atoms with van der Waals surface area (Å²) in [5, 5.41) is 5.14. The van der Waals surface area contributed by atoms with E-state index < -0.39 is 0 Å². The summed E-state index contributed by atoms with van der Waals surface area (Å²) < 4.78 is 1.14. The molecule has 0 spiro atoms. The fraction of sp³-hybridized carbons (Fsp3) is 0.400. The topological polar surface area (TPSA) is 42.4 Å². The minimum atomic E-state index is 0.575. The molecule has 1 heterocycles. The number of rotatable bonds is 3. The van der Waals surface area contributed by atoms with Crippen LogP contribution < -0.4 is 11.1 Å². The van der Waals surface area contributed by atoms with Gasteiger partial charge >= 0.3 is 0 Å². The van der Waals surface area contributed by atoms with Crippen molar-refractivity contribution >= 4 is 32.1 Å². The van der Waals surface area contributed by atoms with Crippen molar-refractivity contribution in [2.75, 3.05) is 18.4 Å². The summed E-state index contributed by atoms with van der Waals surface area (Å²) in [7, 11) is 0. The molecular weight excluding hydrogens is 254 g/mol. The predicted molar refractivity (Wildman–Crippen MR) is 88.3 cm³/mol. The Morgan fingerprint density at radius 3 is 2.42 bits per heavy atom. The van der Waals surface area contributed by atoms with E-state index in [0.29, 0.717) is 18.8 Å². The first-order chi connectivity index (χ1) is 9.36. The third kappa shape index (κ3) is 4.55. The highest BCUT2D eigenvalue weighted by atomic mass is 32.1. The predicted octanol–water partition coefficient (Wildman–Crippen LogP) is 4.88. The maximum Gasteiger partial charge on any atom is 0.228 e. The minimum Gasteiger partial charge on any atom is -0.384 e. The van der Waals surface area contributed by atoms with E-state index in [2.05, 4.69) is 10.2 Å². The van der Waals surface area contributed by atoms with Gasteiger partial charge in [0.05, 0.1) is 11.6 Å². The van der Waals surface area contributed by atoms with E-state index >= 15 is 0 Å². The Morgan fingerprint density at radius 2 is 1.84 bits per heavy atom. The molecule has 0 saturated carbocycles. The molecule has 0 bridgehead atoms. The average Bonchev–Trinajstić information content (AvgIpc) is 2.86. The molecule has 1 aromatic heterocycles. The van der Waals surface area contributed by atoms with Gasteiger partial charge in [0.15, 0.2) is 0 Å². The number of nitrogens with two attached hydrogens (primary N) is 1. The zero-order valence-electron chi connectivity index (χ0n) is 12.2. The third-order valence-electron chi connectivity index (χ3n) is 2.11. The lowest BCUT2D eigenvalue weighted by atomic mass is 10.2. The fourth-order valence-corrected chi connectivity index (χ4v) is 2.52.